The minimum absolute atomic E-state index is 0.398. The number of alkyl halides is 17. The molecule has 1 aromatic rings. The fraction of sp³-hybridized carbons (Fsp3) is 0.600. The first-order valence-corrected chi connectivity index (χ1v) is 9.81. The van der Waals surface area contributed by atoms with Crippen molar-refractivity contribution in [1.82, 2.24) is 4.72 Å². The molecule has 0 aliphatic rings. The van der Waals surface area contributed by atoms with Gasteiger partial charge in [-0.15, -0.1) is 0 Å². The Kier molecular flexibility index (Phi) is 7.78. The van der Waals surface area contributed by atoms with Crippen LogP contribution >= 0.6 is 0 Å². The van der Waals surface area contributed by atoms with Gasteiger partial charge in [-0.2, -0.15) is 70.2 Å². The van der Waals surface area contributed by atoms with E-state index in [1.54, 1.807) is 0 Å². The number of sulfonamides is 1. The van der Waals surface area contributed by atoms with Gasteiger partial charge in [-0.05, 0) is 5.56 Å². The minimum atomic E-state index is -8.98. The van der Waals surface area contributed by atoms with Crippen molar-refractivity contribution in [3.8, 4) is 0 Å². The molecule has 0 heterocycles. The van der Waals surface area contributed by atoms with Gasteiger partial charge in [0.1, 0.15) is 0 Å². The number of halogens is 17. The molecule has 3 nitrogen and oxygen atoms in total. The highest BCUT2D eigenvalue weighted by atomic mass is 32.2. The van der Waals surface area contributed by atoms with Crippen LogP contribution in [0.4, 0.5) is 74.6 Å². The molecule has 0 saturated carbocycles. The second-order valence-corrected chi connectivity index (χ2v) is 8.59. The van der Waals surface area contributed by atoms with Crippen molar-refractivity contribution in [3.63, 3.8) is 0 Å². The maximum Gasteiger partial charge on any atom is 0.460 e. The summed E-state index contributed by atoms with van der Waals surface area (Å²) >= 11 is 0. The lowest BCUT2D eigenvalue weighted by Crippen LogP contribution is -2.78. The third-order valence-electron chi connectivity index (χ3n) is 4.41. The summed E-state index contributed by atoms with van der Waals surface area (Å²) in [6, 6.07) is 4.96. The summed E-state index contributed by atoms with van der Waals surface area (Å²) in [4.78, 5) is 0. The van der Waals surface area contributed by atoms with Gasteiger partial charge in [0.15, 0.2) is 0 Å². The van der Waals surface area contributed by atoms with Crippen LogP contribution in [-0.4, -0.2) is 55.4 Å². The number of benzene rings is 1. The molecule has 0 spiro atoms. The highest BCUT2D eigenvalue weighted by Gasteiger charge is 2.98. The fourth-order valence-electron chi connectivity index (χ4n) is 2.36. The van der Waals surface area contributed by atoms with Crippen molar-refractivity contribution in [3.05, 3.63) is 35.9 Å². The minimum Gasteiger partial charge on any atom is -0.218 e. The van der Waals surface area contributed by atoms with E-state index >= 15 is 0 Å². The molecule has 1 rings (SSSR count). The van der Waals surface area contributed by atoms with Crippen LogP contribution in [-0.2, 0) is 16.6 Å². The maximum absolute atomic E-state index is 14.4. The van der Waals surface area contributed by atoms with Gasteiger partial charge in [0.25, 0.3) is 10.0 Å². The van der Waals surface area contributed by atoms with Crippen LogP contribution in [0.1, 0.15) is 5.56 Å². The quantitative estimate of drug-likeness (QED) is 0.356. The standard InChI is InChI=1S/C15H8F17NO2S/c16-8(13(25,26)27,15(31,32)36(34,35)33-6-7-4-2-1-3-5-7)9(17,18)10(19,20)11(21,22)12(23,24)14(28,29)30/h1-5,33H,6H2. The van der Waals surface area contributed by atoms with Gasteiger partial charge in [-0.3, -0.25) is 0 Å². The van der Waals surface area contributed by atoms with E-state index < -0.39 is 69.1 Å². The van der Waals surface area contributed by atoms with E-state index in [1.807, 2.05) is 0 Å². The van der Waals surface area contributed by atoms with Gasteiger partial charge >= 0.3 is 47.0 Å². The van der Waals surface area contributed by atoms with Crippen LogP contribution in [0.25, 0.3) is 0 Å². The molecule has 0 amide bonds. The molecule has 0 aromatic heterocycles. The number of nitrogens with one attached hydrogen (secondary N) is 1. The molecule has 0 bridgehead atoms. The smallest absolute Gasteiger partial charge is 0.218 e. The third kappa shape index (κ3) is 4.34. The third-order valence-corrected chi connectivity index (χ3v) is 5.89. The molecule has 1 atom stereocenters. The molecule has 0 aliphatic heterocycles. The molecule has 0 aliphatic carbocycles. The fourth-order valence-corrected chi connectivity index (χ4v) is 3.52. The maximum atomic E-state index is 14.4. The summed E-state index contributed by atoms with van der Waals surface area (Å²) in [6.45, 7) is -1.57. The Morgan fingerprint density at radius 3 is 1.31 bits per heavy atom. The van der Waals surface area contributed by atoms with E-state index in [0.29, 0.717) is 4.72 Å². The van der Waals surface area contributed by atoms with Crippen molar-refractivity contribution in [2.24, 2.45) is 0 Å². The monoisotopic (exact) mass is 589 g/mol. The first kappa shape index (κ1) is 32.0. The van der Waals surface area contributed by atoms with E-state index in [1.165, 1.54) is 6.07 Å². The van der Waals surface area contributed by atoms with Gasteiger partial charge in [-0.1, -0.05) is 30.3 Å². The first-order chi connectivity index (χ1) is 15.6. The molecular formula is C15H8F17NO2S. The van der Waals surface area contributed by atoms with Crippen LogP contribution < -0.4 is 4.72 Å². The number of rotatable bonds is 9. The Labute approximate surface area is 188 Å². The molecular weight excluding hydrogens is 581 g/mol. The van der Waals surface area contributed by atoms with Crippen LogP contribution in [0.2, 0.25) is 0 Å². The highest BCUT2D eigenvalue weighted by Crippen LogP contribution is 2.65. The molecule has 1 unspecified atom stereocenters. The van der Waals surface area contributed by atoms with Crippen LogP contribution in [0.5, 0.6) is 0 Å². The van der Waals surface area contributed by atoms with E-state index in [4.69, 9.17) is 0 Å². The average molecular weight is 589 g/mol. The largest absolute Gasteiger partial charge is 0.460 e. The van der Waals surface area contributed by atoms with Crippen LogP contribution in [0.15, 0.2) is 30.3 Å². The Balaban J connectivity index is 3.82. The van der Waals surface area contributed by atoms with Crippen LogP contribution in [0, 0.1) is 0 Å². The van der Waals surface area contributed by atoms with Gasteiger partial charge < -0.3 is 0 Å². The normalized spacial score (nSPS) is 17.1. The second-order valence-electron chi connectivity index (χ2n) is 6.78. The molecule has 21 heteroatoms. The molecule has 0 radical (unpaired) electrons. The predicted molar refractivity (Wildman–Crippen MR) is 82.9 cm³/mol. The van der Waals surface area contributed by atoms with E-state index in [9.17, 15) is 83.1 Å². The average Bonchev–Trinajstić information content (AvgIpc) is 2.69. The molecule has 1 aromatic carbocycles. The van der Waals surface area contributed by atoms with Gasteiger partial charge in [-0.25, -0.2) is 17.5 Å². The summed E-state index contributed by atoms with van der Waals surface area (Å²) in [6.07, 6.45) is -16.2. The summed E-state index contributed by atoms with van der Waals surface area (Å²) in [5, 5.41) is -7.94. The summed E-state index contributed by atoms with van der Waals surface area (Å²) in [5.74, 6) is -35.0. The zero-order valence-electron chi connectivity index (χ0n) is 16.2. The lowest BCUT2D eigenvalue weighted by atomic mass is 9.86. The van der Waals surface area contributed by atoms with Crippen molar-refractivity contribution in [2.75, 3.05) is 0 Å². The Morgan fingerprint density at radius 2 is 0.944 bits per heavy atom. The lowest BCUT2D eigenvalue weighted by molar-refractivity contribution is -0.456. The lowest BCUT2D eigenvalue weighted by Gasteiger charge is -2.44. The Morgan fingerprint density at radius 1 is 0.556 bits per heavy atom. The predicted octanol–water partition coefficient (Wildman–Crippen LogP) is 6.07. The van der Waals surface area contributed by atoms with E-state index in [2.05, 4.69) is 0 Å². The first-order valence-electron chi connectivity index (χ1n) is 8.32. The topological polar surface area (TPSA) is 46.2 Å². The summed E-state index contributed by atoms with van der Waals surface area (Å²) in [7, 11) is -7.60. The number of hydrogen-bond donors (Lipinski definition) is 1. The van der Waals surface area contributed by atoms with Crippen LogP contribution in [0.3, 0.4) is 0 Å². The summed E-state index contributed by atoms with van der Waals surface area (Å²) in [5.41, 5.74) is -9.16. The second kappa shape index (κ2) is 8.76. The summed E-state index contributed by atoms with van der Waals surface area (Å²) < 4.78 is 249. The Bertz CT molecular complexity index is 1030. The van der Waals surface area contributed by atoms with E-state index in [-0.39, 0.29) is 0 Å². The number of hydrogen-bond acceptors (Lipinski definition) is 2. The molecule has 1 N–H and O–H groups in total. The van der Waals surface area contributed by atoms with E-state index in [0.717, 1.165) is 24.3 Å². The molecule has 36 heavy (non-hydrogen) atoms. The van der Waals surface area contributed by atoms with Crippen molar-refractivity contribution >= 4 is 10.0 Å². The van der Waals surface area contributed by atoms with Crippen molar-refractivity contribution < 1.29 is 83.1 Å². The van der Waals surface area contributed by atoms with Gasteiger partial charge in [0, 0.05) is 6.54 Å². The molecule has 0 saturated heterocycles. The highest BCUT2D eigenvalue weighted by molar-refractivity contribution is 7.90. The van der Waals surface area contributed by atoms with Gasteiger partial charge in [0.05, 0.1) is 0 Å². The molecule has 210 valence electrons. The van der Waals surface area contributed by atoms with Crippen molar-refractivity contribution in [1.29, 1.82) is 0 Å². The van der Waals surface area contributed by atoms with Gasteiger partial charge in [0.2, 0.25) is 0 Å². The zero-order chi connectivity index (χ0) is 29.0. The van der Waals surface area contributed by atoms with Crippen molar-refractivity contribution in [2.45, 2.75) is 53.5 Å². The SMILES string of the molecule is O=S(=O)(NCc1ccccc1)C(F)(F)C(F)(C(F)(F)F)C(F)(F)C(F)(F)C(F)(F)C(F)(F)C(F)(F)F. The molecule has 0 fully saturated rings. The zero-order valence-corrected chi connectivity index (χ0v) is 17.1. The Hall–Kier alpha value is -2.06.